The van der Waals surface area contributed by atoms with Crippen molar-refractivity contribution in [1.82, 2.24) is 15.1 Å². The maximum atomic E-state index is 12.8. The van der Waals surface area contributed by atoms with Gasteiger partial charge in [0.05, 0.1) is 11.7 Å². The van der Waals surface area contributed by atoms with E-state index in [0.717, 1.165) is 31.6 Å². The average molecular weight is 301 g/mol. The van der Waals surface area contributed by atoms with Crippen molar-refractivity contribution in [2.45, 2.75) is 44.8 Å². The molecule has 1 saturated heterocycles. The molecule has 2 unspecified atom stereocenters. The zero-order valence-electron chi connectivity index (χ0n) is 13.8. The Kier molecular flexibility index (Phi) is 4.39. The minimum absolute atomic E-state index is 0.196. The molecule has 2 heterocycles. The van der Waals surface area contributed by atoms with Crippen LogP contribution in [0.1, 0.15) is 26.7 Å². The van der Waals surface area contributed by atoms with Gasteiger partial charge in [-0.1, -0.05) is 38.2 Å². The molecular weight excluding hydrogens is 274 g/mol. The predicted octanol–water partition coefficient (Wildman–Crippen LogP) is 1.92. The smallest absolute Gasteiger partial charge is 0.269 e. The fourth-order valence-corrected chi connectivity index (χ4v) is 3.72. The second kappa shape index (κ2) is 6.29. The van der Waals surface area contributed by atoms with Crippen molar-refractivity contribution in [2.75, 3.05) is 20.1 Å². The van der Waals surface area contributed by atoms with Crippen LogP contribution in [0.2, 0.25) is 0 Å². The van der Waals surface area contributed by atoms with Crippen molar-refractivity contribution in [2.24, 2.45) is 5.92 Å². The van der Waals surface area contributed by atoms with Gasteiger partial charge in [0, 0.05) is 38.1 Å². The Morgan fingerprint density at radius 3 is 2.55 bits per heavy atom. The summed E-state index contributed by atoms with van der Waals surface area (Å²) in [7, 11) is 2.03. The van der Waals surface area contributed by atoms with E-state index in [9.17, 15) is 4.79 Å². The van der Waals surface area contributed by atoms with Crippen molar-refractivity contribution >= 4 is 5.91 Å². The number of fused-ring (bicyclic) bond motifs is 1. The Bertz CT molecular complexity index is 512. The van der Waals surface area contributed by atoms with Crippen molar-refractivity contribution in [3.63, 3.8) is 0 Å². The Morgan fingerprint density at radius 1 is 1.23 bits per heavy atom. The van der Waals surface area contributed by atoms with Crippen molar-refractivity contribution in [3.05, 3.63) is 36.1 Å². The molecule has 1 N–H and O–H groups in total. The third-order valence-corrected chi connectivity index (χ3v) is 4.89. The first-order valence-electron chi connectivity index (χ1n) is 8.41. The molecule has 4 heteroatoms. The summed E-state index contributed by atoms with van der Waals surface area (Å²) in [5.74, 6) is 0.538. The highest BCUT2D eigenvalue weighted by Gasteiger charge is 2.35. The second-order valence-corrected chi connectivity index (χ2v) is 6.89. The number of carbonyl (C=O) groups excluding carboxylic acids is 1. The van der Waals surface area contributed by atoms with Crippen LogP contribution in [0.3, 0.4) is 0 Å². The van der Waals surface area contributed by atoms with Crippen LogP contribution in [0, 0.1) is 5.92 Å². The summed E-state index contributed by atoms with van der Waals surface area (Å²) >= 11 is 0. The number of hydrogen-bond donors (Lipinski definition) is 1. The van der Waals surface area contributed by atoms with Gasteiger partial charge >= 0.3 is 0 Å². The van der Waals surface area contributed by atoms with Gasteiger partial charge in [-0.05, 0) is 18.9 Å². The monoisotopic (exact) mass is 301 g/mol. The third-order valence-electron chi connectivity index (χ3n) is 4.89. The van der Waals surface area contributed by atoms with Crippen LogP contribution in [-0.4, -0.2) is 54.0 Å². The Labute approximate surface area is 133 Å². The zero-order valence-corrected chi connectivity index (χ0v) is 13.8. The van der Waals surface area contributed by atoms with Crippen LogP contribution in [0.25, 0.3) is 0 Å². The molecule has 1 fully saturated rings. The number of carbonyl (C=O) groups is 1. The first kappa shape index (κ1) is 15.3. The maximum absolute atomic E-state index is 12.8. The van der Waals surface area contributed by atoms with E-state index in [-0.39, 0.29) is 5.91 Å². The Balaban J connectivity index is 1.61. The van der Waals surface area contributed by atoms with Crippen LogP contribution in [-0.2, 0) is 4.79 Å². The lowest BCUT2D eigenvalue weighted by Gasteiger charge is -2.35. The summed E-state index contributed by atoms with van der Waals surface area (Å²) in [6, 6.07) is 1.37. The molecule has 120 valence electrons. The molecule has 0 saturated carbocycles. The van der Waals surface area contributed by atoms with Crippen LogP contribution in [0.5, 0.6) is 0 Å². The highest BCUT2D eigenvalue weighted by Crippen LogP contribution is 2.31. The number of nitrogens with zero attached hydrogens (tertiary/aromatic N) is 2. The van der Waals surface area contributed by atoms with Gasteiger partial charge in [-0.25, -0.2) is 0 Å². The summed E-state index contributed by atoms with van der Waals surface area (Å²) in [6.07, 6.45) is 12.7. The zero-order chi connectivity index (χ0) is 15.7. The highest BCUT2D eigenvalue weighted by atomic mass is 16.2. The molecule has 2 atom stereocenters. The van der Waals surface area contributed by atoms with Crippen LogP contribution in [0.15, 0.2) is 36.1 Å². The molecule has 0 spiro atoms. The van der Waals surface area contributed by atoms with Crippen LogP contribution >= 0.6 is 0 Å². The lowest BCUT2D eigenvalue weighted by Crippen LogP contribution is -2.48. The number of amides is 1. The van der Waals surface area contributed by atoms with E-state index < -0.39 is 0 Å². The Morgan fingerprint density at radius 2 is 1.91 bits per heavy atom. The topological polar surface area (TPSA) is 35.6 Å². The van der Waals surface area contributed by atoms with Gasteiger partial charge in [0.25, 0.3) is 5.91 Å². The SMILES string of the molecule is CC(C)NC1CCN(C(=O)C2=CC3C=CC=CC3N2C)CC1. The van der Waals surface area contributed by atoms with Crippen molar-refractivity contribution in [1.29, 1.82) is 0 Å². The van der Waals surface area contributed by atoms with Gasteiger partial charge in [0.15, 0.2) is 0 Å². The van der Waals surface area contributed by atoms with E-state index in [1.54, 1.807) is 0 Å². The normalized spacial score (nSPS) is 28.3. The molecule has 1 aliphatic carbocycles. The molecule has 2 aliphatic heterocycles. The minimum atomic E-state index is 0.196. The summed E-state index contributed by atoms with van der Waals surface area (Å²) in [5.41, 5.74) is 0.862. The number of piperidine rings is 1. The van der Waals surface area contributed by atoms with Crippen LogP contribution < -0.4 is 5.32 Å². The van der Waals surface area contributed by atoms with Crippen molar-refractivity contribution < 1.29 is 4.79 Å². The number of rotatable bonds is 3. The third kappa shape index (κ3) is 2.98. The number of likely N-dealkylation sites (N-methyl/N-ethyl adjacent to an activating group) is 1. The number of allylic oxidation sites excluding steroid dienone is 2. The first-order valence-corrected chi connectivity index (χ1v) is 8.41. The van der Waals surface area contributed by atoms with E-state index in [0.29, 0.717) is 24.0 Å². The van der Waals surface area contributed by atoms with E-state index in [2.05, 4.69) is 54.4 Å². The molecule has 0 radical (unpaired) electrons. The fourth-order valence-electron chi connectivity index (χ4n) is 3.72. The summed E-state index contributed by atoms with van der Waals surface area (Å²) < 4.78 is 0. The summed E-state index contributed by atoms with van der Waals surface area (Å²) in [5, 5.41) is 3.58. The van der Waals surface area contributed by atoms with E-state index in [4.69, 9.17) is 0 Å². The predicted molar refractivity (Wildman–Crippen MR) is 89.3 cm³/mol. The van der Waals surface area contributed by atoms with Gasteiger partial charge in [-0.15, -0.1) is 0 Å². The molecule has 1 amide bonds. The Hall–Kier alpha value is -1.55. The molecule has 0 aromatic carbocycles. The number of hydrogen-bond acceptors (Lipinski definition) is 3. The second-order valence-electron chi connectivity index (χ2n) is 6.89. The van der Waals surface area contributed by atoms with E-state index in [1.165, 1.54) is 0 Å². The minimum Gasteiger partial charge on any atom is -0.363 e. The van der Waals surface area contributed by atoms with Gasteiger partial charge in [0.1, 0.15) is 0 Å². The maximum Gasteiger partial charge on any atom is 0.269 e. The van der Waals surface area contributed by atoms with Gasteiger partial charge in [-0.2, -0.15) is 0 Å². The number of nitrogens with one attached hydrogen (secondary N) is 1. The molecule has 22 heavy (non-hydrogen) atoms. The average Bonchev–Trinajstić information content (AvgIpc) is 2.84. The van der Waals surface area contributed by atoms with Crippen molar-refractivity contribution in [3.8, 4) is 0 Å². The summed E-state index contributed by atoms with van der Waals surface area (Å²) in [4.78, 5) is 17.0. The van der Waals surface area contributed by atoms with E-state index in [1.807, 2.05) is 11.9 Å². The number of likely N-dealkylation sites (tertiary alicyclic amines) is 1. The van der Waals surface area contributed by atoms with Gasteiger partial charge in [-0.3, -0.25) is 4.79 Å². The van der Waals surface area contributed by atoms with Gasteiger partial charge in [0.2, 0.25) is 0 Å². The quantitative estimate of drug-likeness (QED) is 0.865. The fraction of sp³-hybridized carbons (Fsp3) is 0.611. The summed E-state index contributed by atoms with van der Waals surface area (Å²) in [6.45, 7) is 6.07. The van der Waals surface area contributed by atoms with E-state index >= 15 is 0 Å². The molecule has 0 bridgehead atoms. The highest BCUT2D eigenvalue weighted by molar-refractivity contribution is 5.93. The molecular formula is C18H27N3O. The lowest BCUT2D eigenvalue weighted by molar-refractivity contribution is -0.129. The molecule has 0 aromatic rings. The molecule has 4 nitrogen and oxygen atoms in total. The molecule has 3 aliphatic rings. The molecule has 3 rings (SSSR count). The lowest BCUT2D eigenvalue weighted by atomic mass is 9.97. The molecule has 0 aromatic heterocycles. The standard InChI is InChI=1S/C18H27N3O/c1-13(2)19-15-8-10-21(11-9-15)18(22)17-12-14-6-4-5-7-16(14)20(17)3/h4-7,12-16,19H,8-11H2,1-3H3. The first-order chi connectivity index (χ1) is 10.6. The van der Waals surface area contributed by atoms with Gasteiger partial charge < -0.3 is 15.1 Å². The largest absolute Gasteiger partial charge is 0.363 e. The van der Waals surface area contributed by atoms with Crippen LogP contribution in [0.4, 0.5) is 0 Å².